The molecule has 2 N–H and O–H groups in total. The van der Waals surface area contributed by atoms with Crippen molar-refractivity contribution in [1.82, 2.24) is 4.90 Å². The Balaban J connectivity index is 1.43. The number of amides is 2. The largest absolute Gasteiger partial charge is 0.488 e. The third kappa shape index (κ3) is 6.76. The first-order valence-electron chi connectivity index (χ1n) is 12.1. The molecule has 35 heavy (non-hydrogen) atoms. The number of furan rings is 1. The number of hydrogen-bond donors (Lipinski definition) is 2. The van der Waals surface area contributed by atoms with Crippen LogP contribution >= 0.6 is 0 Å². The number of hydrogen-bond acceptors (Lipinski definition) is 6. The Morgan fingerprint density at radius 1 is 0.971 bits per heavy atom. The molecule has 1 aliphatic rings. The summed E-state index contributed by atoms with van der Waals surface area (Å²) in [6.07, 6.45) is 3.18. The molecule has 1 fully saturated rings. The minimum absolute atomic E-state index is 0.152. The van der Waals surface area contributed by atoms with Crippen molar-refractivity contribution < 1.29 is 23.5 Å². The number of nitrogens with zero attached hydrogens (tertiary/aromatic N) is 1. The van der Waals surface area contributed by atoms with E-state index in [4.69, 9.17) is 13.9 Å². The van der Waals surface area contributed by atoms with Crippen LogP contribution < -0.4 is 15.4 Å². The van der Waals surface area contributed by atoms with Crippen LogP contribution in [-0.2, 0) is 4.74 Å². The molecule has 8 nitrogen and oxygen atoms in total. The van der Waals surface area contributed by atoms with Gasteiger partial charge in [0, 0.05) is 11.9 Å². The molecule has 1 aliphatic heterocycles. The fourth-order valence-corrected chi connectivity index (χ4v) is 4.03. The van der Waals surface area contributed by atoms with Crippen LogP contribution in [0.2, 0.25) is 0 Å². The molecule has 0 radical (unpaired) electrons. The maximum atomic E-state index is 13.0. The van der Waals surface area contributed by atoms with Gasteiger partial charge in [-0.25, -0.2) is 4.79 Å². The van der Waals surface area contributed by atoms with Gasteiger partial charge in [-0.3, -0.25) is 15.0 Å². The van der Waals surface area contributed by atoms with Gasteiger partial charge in [-0.15, -0.1) is 0 Å². The normalized spacial score (nSPS) is 14.5. The van der Waals surface area contributed by atoms with Gasteiger partial charge in [-0.05, 0) is 71.0 Å². The molecule has 0 bridgehead atoms. The number of ether oxygens (including phenoxy) is 2. The van der Waals surface area contributed by atoms with E-state index in [1.54, 1.807) is 51.1 Å². The van der Waals surface area contributed by atoms with E-state index in [1.165, 1.54) is 19.3 Å². The molecule has 8 heteroatoms. The van der Waals surface area contributed by atoms with Gasteiger partial charge in [0.1, 0.15) is 12.2 Å². The number of rotatable bonds is 7. The van der Waals surface area contributed by atoms with Gasteiger partial charge in [0.2, 0.25) is 0 Å². The molecule has 1 aromatic heterocycles. The number of para-hydroxylation sites is 3. The van der Waals surface area contributed by atoms with Crippen LogP contribution in [0.4, 0.5) is 16.2 Å². The molecule has 0 atom stereocenters. The van der Waals surface area contributed by atoms with Crippen LogP contribution in [0, 0.1) is 0 Å². The fraction of sp³-hybridized carbons (Fsp3) is 0.407. The van der Waals surface area contributed by atoms with E-state index in [-0.39, 0.29) is 5.76 Å². The van der Waals surface area contributed by atoms with Crippen molar-refractivity contribution in [2.75, 3.05) is 36.9 Å². The van der Waals surface area contributed by atoms with E-state index < -0.39 is 17.6 Å². The highest BCUT2D eigenvalue weighted by Gasteiger charge is 2.20. The SMILES string of the molecule is CC(C)(C)OC(=O)Nc1ccccc1NC(=O)c1cc2cccc(OCCN3CCCCC3)c2o1. The zero-order valence-corrected chi connectivity index (χ0v) is 20.6. The Kier molecular flexibility index (Phi) is 7.60. The summed E-state index contributed by atoms with van der Waals surface area (Å²) in [5.74, 6) is 0.337. The van der Waals surface area contributed by atoms with Gasteiger partial charge in [0.05, 0.1) is 11.4 Å². The maximum absolute atomic E-state index is 13.0. The molecule has 2 amide bonds. The van der Waals surface area contributed by atoms with Crippen molar-refractivity contribution >= 4 is 34.3 Å². The molecule has 0 unspecified atom stereocenters. The average Bonchev–Trinajstić information content (AvgIpc) is 3.25. The third-order valence-corrected chi connectivity index (χ3v) is 5.66. The minimum atomic E-state index is -0.635. The Labute approximate surface area is 205 Å². The summed E-state index contributed by atoms with van der Waals surface area (Å²) in [6.45, 7) is 9.01. The van der Waals surface area contributed by atoms with Crippen molar-refractivity contribution in [3.8, 4) is 5.75 Å². The summed E-state index contributed by atoms with van der Waals surface area (Å²) in [7, 11) is 0. The first-order chi connectivity index (χ1) is 16.8. The molecule has 3 aromatic rings. The van der Waals surface area contributed by atoms with Crippen LogP contribution in [-0.4, -0.2) is 48.7 Å². The number of piperidine rings is 1. The highest BCUT2D eigenvalue weighted by molar-refractivity contribution is 6.07. The second-order valence-electron chi connectivity index (χ2n) is 9.66. The van der Waals surface area contributed by atoms with Crippen LogP contribution in [0.25, 0.3) is 11.0 Å². The monoisotopic (exact) mass is 479 g/mol. The predicted molar refractivity (Wildman–Crippen MR) is 136 cm³/mol. The molecule has 2 aromatic carbocycles. The highest BCUT2D eigenvalue weighted by atomic mass is 16.6. The molecule has 0 saturated carbocycles. The molecule has 2 heterocycles. The number of anilines is 2. The Morgan fingerprint density at radius 3 is 2.40 bits per heavy atom. The third-order valence-electron chi connectivity index (χ3n) is 5.66. The quantitative estimate of drug-likeness (QED) is 0.438. The number of carbonyl (C=O) groups is 2. The van der Waals surface area contributed by atoms with Gasteiger partial charge < -0.3 is 19.2 Å². The number of benzene rings is 2. The van der Waals surface area contributed by atoms with Gasteiger partial charge in [-0.2, -0.15) is 0 Å². The number of nitrogens with one attached hydrogen (secondary N) is 2. The number of likely N-dealkylation sites (tertiary alicyclic amines) is 1. The molecule has 4 rings (SSSR count). The van der Waals surface area contributed by atoms with Crippen LogP contribution in [0.5, 0.6) is 5.75 Å². The first-order valence-corrected chi connectivity index (χ1v) is 12.1. The highest BCUT2D eigenvalue weighted by Crippen LogP contribution is 2.30. The molecule has 0 aliphatic carbocycles. The predicted octanol–water partition coefficient (Wildman–Crippen LogP) is 5.90. The Bertz CT molecular complexity index is 1180. The number of fused-ring (bicyclic) bond motifs is 1. The topological polar surface area (TPSA) is 93.0 Å². The summed E-state index contributed by atoms with van der Waals surface area (Å²) in [5.41, 5.74) is 0.760. The van der Waals surface area contributed by atoms with Crippen molar-refractivity contribution in [2.24, 2.45) is 0 Å². The van der Waals surface area contributed by atoms with Crippen molar-refractivity contribution in [3.63, 3.8) is 0 Å². The lowest BCUT2D eigenvalue weighted by atomic mass is 10.1. The van der Waals surface area contributed by atoms with Gasteiger partial charge in [0.25, 0.3) is 5.91 Å². The molecular weight excluding hydrogens is 446 g/mol. The number of carbonyl (C=O) groups excluding carboxylic acids is 2. The van der Waals surface area contributed by atoms with Gasteiger partial charge in [-0.1, -0.05) is 30.7 Å². The molecule has 0 spiro atoms. The van der Waals surface area contributed by atoms with Crippen LogP contribution in [0.3, 0.4) is 0 Å². The van der Waals surface area contributed by atoms with E-state index in [0.29, 0.717) is 29.3 Å². The van der Waals surface area contributed by atoms with Crippen molar-refractivity contribution in [2.45, 2.75) is 45.6 Å². The molecule has 1 saturated heterocycles. The molecular formula is C27H33N3O5. The lowest BCUT2D eigenvalue weighted by molar-refractivity contribution is 0.0635. The second kappa shape index (κ2) is 10.8. The molecule has 186 valence electrons. The standard InChI is InChI=1S/C27H33N3O5/c1-27(2,3)35-26(32)29-21-12-6-5-11-20(21)28-25(31)23-18-19-10-9-13-22(24(19)34-23)33-17-16-30-14-7-4-8-15-30/h5-6,9-13,18H,4,7-8,14-17H2,1-3H3,(H,28,31)(H,29,32). The summed E-state index contributed by atoms with van der Waals surface area (Å²) >= 11 is 0. The lowest BCUT2D eigenvalue weighted by Gasteiger charge is -2.26. The zero-order chi connectivity index (χ0) is 24.8. The summed E-state index contributed by atoms with van der Waals surface area (Å²) in [6, 6.07) is 14.2. The van der Waals surface area contributed by atoms with Gasteiger partial charge >= 0.3 is 6.09 Å². The van der Waals surface area contributed by atoms with Crippen LogP contribution in [0.1, 0.15) is 50.6 Å². The summed E-state index contributed by atoms with van der Waals surface area (Å²) < 4.78 is 17.2. The average molecular weight is 480 g/mol. The lowest BCUT2D eigenvalue weighted by Crippen LogP contribution is -2.33. The Morgan fingerprint density at radius 2 is 1.69 bits per heavy atom. The first kappa shape index (κ1) is 24.6. The summed E-state index contributed by atoms with van der Waals surface area (Å²) in [4.78, 5) is 27.6. The van der Waals surface area contributed by atoms with E-state index in [9.17, 15) is 9.59 Å². The van der Waals surface area contributed by atoms with Gasteiger partial charge in [0.15, 0.2) is 17.1 Å². The Hall–Kier alpha value is -3.52. The van der Waals surface area contributed by atoms with Crippen molar-refractivity contribution in [3.05, 3.63) is 54.3 Å². The maximum Gasteiger partial charge on any atom is 0.412 e. The fourth-order valence-electron chi connectivity index (χ4n) is 4.03. The summed E-state index contributed by atoms with van der Waals surface area (Å²) in [5, 5.41) is 6.27. The van der Waals surface area contributed by atoms with Crippen molar-refractivity contribution in [1.29, 1.82) is 0 Å². The smallest absolute Gasteiger partial charge is 0.412 e. The zero-order valence-electron chi connectivity index (χ0n) is 20.6. The second-order valence-corrected chi connectivity index (χ2v) is 9.66. The van der Waals surface area contributed by atoms with E-state index in [2.05, 4.69) is 15.5 Å². The minimum Gasteiger partial charge on any atom is -0.488 e. The van der Waals surface area contributed by atoms with E-state index in [0.717, 1.165) is 25.0 Å². The van der Waals surface area contributed by atoms with E-state index >= 15 is 0 Å². The van der Waals surface area contributed by atoms with E-state index in [1.807, 2.05) is 18.2 Å². The van der Waals surface area contributed by atoms with Crippen LogP contribution in [0.15, 0.2) is 52.9 Å².